The summed E-state index contributed by atoms with van der Waals surface area (Å²) in [4.78, 5) is 30.0. The molecule has 1 saturated carbocycles. The van der Waals surface area contributed by atoms with Crippen LogP contribution in [0.25, 0.3) is 0 Å². The van der Waals surface area contributed by atoms with Crippen LogP contribution < -0.4 is 5.32 Å². The number of carbonyl (C=O) groups excluding carboxylic acids is 2. The lowest BCUT2D eigenvalue weighted by Crippen LogP contribution is -2.36. The van der Waals surface area contributed by atoms with Crippen molar-refractivity contribution in [2.45, 2.75) is 25.4 Å². The monoisotopic (exact) mass is 331 g/mol. The number of ether oxygens (including phenoxy) is 1. The molecule has 1 fully saturated rings. The van der Waals surface area contributed by atoms with Crippen LogP contribution in [0.2, 0.25) is 0 Å². The molecule has 6 nitrogen and oxygen atoms in total. The van der Waals surface area contributed by atoms with Crippen molar-refractivity contribution in [3.8, 4) is 0 Å². The van der Waals surface area contributed by atoms with Gasteiger partial charge in [0, 0.05) is 17.1 Å². The van der Waals surface area contributed by atoms with E-state index in [4.69, 9.17) is 0 Å². The van der Waals surface area contributed by atoms with Gasteiger partial charge in [-0.15, -0.1) is 11.3 Å². The minimum Gasteiger partial charge on any atom is -0.464 e. The number of hydrogen-bond acceptors (Lipinski definition) is 5. The molecule has 0 atom stereocenters. The lowest BCUT2D eigenvalue weighted by molar-refractivity contribution is 0.0594. The van der Waals surface area contributed by atoms with Crippen molar-refractivity contribution >= 4 is 29.0 Å². The van der Waals surface area contributed by atoms with Crippen LogP contribution in [-0.4, -0.2) is 35.0 Å². The molecule has 1 aliphatic rings. The van der Waals surface area contributed by atoms with Crippen molar-refractivity contribution in [2.24, 2.45) is 0 Å². The zero-order valence-electron chi connectivity index (χ0n) is 12.7. The lowest BCUT2D eigenvalue weighted by atomic mass is 10.3. The first-order chi connectivity index (χ1) is 11.2. The molecule has 7 heteroatoms. The van der Waals surface area contributed by atoms with Crippen LogP contribution in [0, 0.1) is 0 Å². The lowest BCUT2D eigenvalue weighted by Gasteiger charge is -2.21. The molecule has 0 saturated heterocycles. The van der Waals surface area contributed by atoms with E-state index in [9.17, 15) is 9.59 Å². The van der Waals surface area contributed by atoms with Gasteiger partial charge in [-0.05, 0) is 25.0 Å². The van der Waals surface area contributed by atoms with E-state index >= 15 is 0 Å². The van der Waals surface area contributed by atoms with Crippen LogP contribution >= 0.6 is 11.3 Å². The predicted octanol–water partition coefficient (Wildman–Crippen LogP) is 3.13. The number of para-hydroxylation sites is 1. The van der Waals surface area contributed by atoms with Crippen LogP contribution in [0.4, 0.5) is 10.5 Å². The highest BCUT2D eigenvalue weighted by molar-refractivity contribution is 7.09. The highest BCUT2D eigenvalue weighted by Crippen LogP contribution is 2.29. The molecular weight excluding hydrogens is 314 g/mol. The van der Waals surface area contributed by atoms with Crippen LogP contribution in [0.5, 0.6) is 0 Å². The third-order valence-electron chi connectivity index (χ3n) is 3.53. The van der Waals surface area contributed by atoms with E-state index < -0.39 is 5.97 Å². The third kappa shape index (κ3) is 3.87. The van der Waals surface area contributed by atoms with Crippen molar-refractivity contribution in [3.05, 3.63) is 46.4 Å². The fourth-order valence-corrected chi connectivity index (χ4v) is 2.96. The topological polar surface area (TPSA) is 71.5 Å². The largest absolute Gasteiger partial charge is 0.464 e. The minimum absolute atomic E-state index is 0.145. The second kappa shape index (κ2) is 6.78. The summed E-state index contributed by atoms with van der Waals surface area (Å²) in [5.41, 5.74) is 1.05. The summed E-state index contributed by atoms with van der Waals surface area (Å²) in [5, 5.41) is 5.27. The normalized spacial score (nSPS) is 13.4. The molecule has 1 aromatic carbocycles. The van der Waals surface area contributed by atoms with E-state index in [1.165, 1.54) is 18.4 Å². The van der Waals surface area contributed by atoms with Crippen LogP contribution in [0.1, 0.15) is 28.3 Å². The predicted molar refractivity (Wildman–Crippen MR) is 87.5 cm³/mol. The molecule has 1 aromatic heterocycles. The number of nitrogens with zero attached hydrogens (tertiary/aromatic N) is 2. The molecule has 1 aliphatic carbocycles. The zero-order valence-corrected chi connectivity index (χ0v) is 13.5. The van der Waals surface area contributed by atoms with Gasteiger partial charge in [-0.25, -0.2) is 14.6 Å². The van der Waals surface area contributed by atoms with E-state index in [1.54, 1.807) is 10.3 Å². The van der Waals surface area contributed by atoms with Gasteiger partial charge in [-0.3, -0.25) is 0 Å². The summed E-state index contributed by atoms with van der Waals surface area (Å²) in [7, 11) is 1.32. The van der Waals surface area contributed by atoms with Crippen LogP contribution in [-0.2, 0) is 11.3 Å². The number of anilines is 1. The second-order valence-electron chi connectivity index (χ2n) is 5.27. The Morgan fingerprint density at radius 3 is 2.74 bits per heavy atom. The Hall–Kier alpha value is -2.41. The fraction of sp³-hybridized carbons (Fsp3) is 0.312. The van der Waals surface area contributed by atoms with Gasteiger partial charge in [-0.1, -0.05) is 18.2 Å². The van der Waals surface area contributed by atoms with Gasteiger partial charge < -0.3 is 15.0 Å². The Morgan fingerprint density at radius 2 is 2.09 bits per heavy atom. The molecule has 23 heavy (non-hydrogen) atoms. The number of methoxy groups -OCH3 is 1. The summed E-state index contributed by atoms with van der Waals surface area (Å²) in [5.74, 6) is -0.459. The van der Waals surface area contributed by atoms with Crippen molar-refractivity contribution in [1.82, 2.24) is 9.88 Å². The standard InChI is InChI=1S/C16H17N3O3S/c1-22-15(20)13-10-23-14(18-13)9-19(12-7-8-12)16(21)17-11-5-3-2-4-6-11/h2-6,10,12H,7-9H2,1H3,(H,17,21). The van der Waals surface area contributed by atoms with Crippen molar-refractivity contribution in [1.29, 1.82) is 0 Å². The van der Waals surface area contributed by atoms with Gasteiger partial charge in [0.15, 0.2) is 5.69 Å². The first kappa shape index (κ1) is 15.5. The first-order valence-corrected chi connectivity index (χ1v) is 8.20. The smallest absolute Gasteiger partial charge is 0.357 e. The zero-order chi connectivity index (χ0) is 16.2. The van der Waals surface area contributed by atoms with Gasteiger partial charge in [0.2, 0.25) is 0 Å². The van der Waals surface area contributed by atoms with E-state index in [2.05, 4.69) is 15.0 Å². The molecule has 1 N–H and O–H groups in total. The van der Waals surface area contributed by atoms with Crippen molar-refractivity contribution < 1.29 is 14.3 Å². The highest BCUT2D eigenvalue weighted by atomic mass is 32.1. The van der Waals surface area contributed by atoms with E-state index in [0.717, 1.165) is 23.5 Å². The van der Waals surface area contributed by atoms with Gasteiger partial charge >= 0.3 is 12.0 Å². The van der Waals surface area contributed by atoms with E-state index in [-0.39, 0.29) is 17.8 Å². The molecular formula is C16H17N3O3S. The first-order valence-electron chi connectivity index (χ1n) is 7.33. The number of hydrogen-bond donors (Lipinski definition) is 1. The molecule has 0 bridgehead atoms. The molecule has 2 aromatic rings. The molecule has 1 heterocycles. The number of nitrogens with one attached hydrogen (secondary N) is 1. The van der Waals surface area contributed by atoms with Crippen LogP contribution in [0.15, 0.2) is 35.7 Å². The van der Waals surface area contributed by atoms with Crippen LogP contribution in [0.3, 0.4) is 0 Å². The maximum absolute atomic E-state index is 12.5. The Bertz CT molecular complexity index is 698. The summed E-state index contributed by atoms with van der Waals surface area (Å²) in [6, 6.07) is 9.45. The van der Waals surface area contributed by atoms with E-state index in [1.807, 2.05) is 30.3 Å². The van der Waals surface area contributed by atoms with Crippen molar-refractivity contribution in [2.75, 3.05) is 12.4 Å². The average molecular weight is 331 g/mol. The summed E-state index contributed by atoms with van der Waals surface area (Å²) in [6.45, 7) is 0.394. The number of thiazole rings is 1. The maximum atomic E-state index is 12.5. The Kier molecular flexibility index (Phi) is 4.57. The molecule has 0 spiro atoms. The van der Waals surface area contributed by atoms with Crippen molar-refractivity contribution in [3.63, 3.8) is 0 Å². The number of esters is 1. The van der Waals surface area contributed by atoms with E-state index in [0.29, 0.717) is 6.54 Å². The Morgan fingerprint density at radius 1 is 1.35 bits per heavy atom. The number of carbonyl (C=O) groups is 2. The SMILES string of the molecule is COC(=O)c1csc(CN(C(=O)Nc2ccccc2)C2CC2)n1. The quantitative estimate of drug-likeness (QED) is 0.855. The molecule has 120 valence electrons. The molecule has 0 unspecified atom stereocenters. The number of amides is 2. The van der Waals surface area contributed by atoms with Gasteiger partial charge in [0.1, 0.15) is 5.01 Å². The number of benzene rings is 1. The average Bonchev–Trinajstić information content (AvgIpc) is 3.30. The second-order valence-corrected chi connectivity index (χ2v) is 6.22. The molecule has 0 aliphatic heterocycles. The maximum Gasteiger partial charge on any atom is 0.357 e. The van der Waals surface area contributed by atoms with Gasteiger partial charge in [-0.2, -0.15) is 0 Å². The summed E-state index contributed by atoms with van der Waals surface area (Å²) in [6.07, 6.45) is 1.99. The Balaban J connectivity index is 1.68. The number of rotatable bonds is 5. The fourth-order valence-electron chi connectivity index (χ4n) is 2.20. The number of aromatic nitrogens is 1. The molecule has 0 radical (unpaired) electrons. The third-order valence-corrected chi connectivity index (χ3v) is 4.36. The summed E-state index contributed by atoms with van der Waals surface area (Å²) < 4.78 is 4.65. The minimum atomic E-state index is -0.459. The molecule has 2 amide bonds. The van der Waals surface area contributed by atoms with Gasteiger partial charge in [0.25, 0.3) is 0 Å². The number of urea groups is 1. The Labute approximate surface area is 138 Å². The highest BCUT2D eigenvalue weighted by Gasteiger charge is 2.33. The molecule has 3 rings (SSSR count). The van der Waals surface area contributed by atoms with Gasteiger partial charge in [0.05, 0.1) is 13.7 Å². The summed E-state index contributed by atoms with van der Waals surface area (Å²) >= 11 is 1.36.